The second-order valence-electron chi connectivity index (χ2n) is 5.71. The molecule has 1 aliphatic heterocycles. The third-order valence-corrected chi connectivity index (χ3v) is 5.27. The number of halogens is 1. The summed E-state index contributed by atoms with van der Waals surface area (Å²) < 4.78 is 5.00. The van der Waals surface area contributed by atoms with Crippen LogP contribution in [-0.4, -0.2) is 39.2 Å². The van der Waals surface area contributed by atoms with Crippen molar-refractivity contribution in [3.63, 3.8) is 0 Å². The molecule has 0 unspecified atom stereocenters. The summed E-state index contributed by atoms with van der Waals surface area (Å²) in [6.45, 7) is 2.92. The maximum Gasteiger partial charge on any atom is 0.323 e. The van der Waals surface area contributed by atoms with Gasteiger partial charge in [-0.1, -0.05) is 28.1 Å². The number of benzene rings is 1. The van der Waals surface area contributed by atoms with Crippen LogP contribution in [0.2, 0.25) is 0 Å². The highest BCUT2D eigenvalue weighted by Crippen LogP contribution is 2.23. The summed E-state index contributed by atoms with van der Waals surface area (Å²) in [5, 5.41) is 3.26. The number of nitrogens with one attached hydrogen (secondary N) is 1. The van der Waals surface area contributed by atoms with E-state index < -0.39 is 0 Å². The molecule has 1 N–H and O–H groups in total. The summed E-state index contributed by atoms with van der Waals surface area (Å²) in [6.07, 6.45) is 1.36. The number of piperidine rings is 1. The number of hydrogen-bond donors (Lipinski definition) is 1. The minimum Gasteiger partial charge on any atom is -0.324 e. The normalized spacial score (nSPS) is 15.3. The molecule has 1 saturated heterocycles. The molecule has 8 heteroatoms. The molecule has 1 aliphatic rings. The van der Waals surface area contributed by atoms with Gasteiger partial charge in [0.25, 0.3) is 0 Å². The minimum absolute atomic E-state index is 0.0287. The van der Waals surface area contributed by atoms with E-state index in [2.05, 4.69) is 30.6 Å². The van der Waals surface area contributed by atoms with Gasteiger partial charge in [0.1, 0.15) is 5.82 Å². The van der Waals surface area contributed by atoms with Crippen molar-refractivity contribution in [1.82, 2.24) is 14.3 Å². The number of Topliss-reactive ketones (excluding diaryl/α,β-unsaturated/α-hetero) is 1. The van der Waals surface area contributed by atoms with Crippen LogP contribution in [0.3, 0.4) is 0 Å². The van der Waals surface area contributed by atoms with Crippen LogP contribution >= 0.6 is 27.5 Å². The SMILES string of the molecule is Cc1nsc(NC(=O)N2CCC(C(=O)c3ccc(Br)cc3)CC2)n1. The first-order valence-corrected chi connectivity index (χ1v) is 9.25. The first-order valence-electron chi connectivity index (χ1n) is 7.69. The van der Waals surface area contributed by atoms with Gasteiger partial charge in [-0.05, 0) is 31.9 Å². The van der Waals surface area contributed by atoms with Gasteiger partial charge in [0.15, 0.2) is 5.78 Å². The Kier molecular flexibility index (Phi) is 5.25. The van der Waals surface area contributed by atoms with Crippen molar-refractivity contribution >= 4 is 44.4 Å². The molecule has 2 amide bonds. The van der Waals surface area contributed by atoms with E-state index in [1.807, 2.05) is 24.3 Å². The van der Waals surface area contributed by atoms with E-state index >= 15 is 0 Å². The molecule has 0 atom stereocenters. The van der Waals surface area contributed by atoms with Crippen molar-refractivity contribution in [3.05, 3.63) is 40.1 Å². The zero-order valence-corrected chi connectivity index (χ0v) is 15.6. The smallest absolute Gasteiger partial charge is 0.323 e. The van der Waals surface area contributed by atoms with Gasteiger partial charge in [0.05, 0.1) is 0 Å². The third-order valence-electron chi connectivity index (χ3n) is 4.02. The first-order chi connectivity index (χ1) is 11.5. The lowest BCUT2D eigenvalue weighted by molar-refractivity contribution is 0.0859. The van der Waals surface area contributed by atoms with Gasteiger partial charge < -0.3 is 4.90 Å². The van der Waals surface area contributed by atoms with E-state index in [1.54, 1.807) is 11.8 Å². The molecule has 24 heavy (non-hydrogen) atoms. The number of aromatic nitrogens is 2. The molecule has 1 aromatic heterocycles. The van der Waals surface area contributed by atoms with Crippen LogP contribution in [0.15, 0.2) is 28.7 Å². The molecule has 6 nitrogen and oxygen atoms in total. The fourth-order valence-corrected chi connectivity index (χ4v) is 3.54. The highest BCUT2D eigenvalue weighted by molar-refractivity contribution is 9.10. The van der Waals surface area contributed by atoms with Crippen LogP contribution in [-0.2, 0) is 0 Å². The lowest BCUT2D eigenvalue weighted by atomic mass is 9.89. The predicted molar refractivity (Wildman–Crippen MR) is 96.4 cm³/mol. The van der Waals surface area contributed by atoms with Gasteiger partial charge in [-0.2, -0.15) is 4.37 Å². The van der Waals surface area contributed by atoms with E-state index in [4.69, 9.17) is 0 Å². The van der Waals surface area contributed by atoms with Gasteiger partial charge in [0, 0.05) is 40.6 Å². The van der Waals surface area contributed by atoms with E-state index in [9.17, 15) is 9.59 Å². The van der Waals surface area contributed by atoms with Crippen LogP contribution in [0.25, 0.3) is 0 Å². The van der Waals surface area contributed by atoms with Gasteiger partial charge in [-0.15, -0.1) is 0 Å². The molecular weight excluding hydrogens is 392 g/mol. The Labute approximate surface area is 152 Å². The average Bonchev–Trinajstić information content (AvgIpc) is 3.00. The molecule has 2 heterocycles. The highest BCUT2D eigenvalue weighted by Gasteiger charge is 2.28. The van der Waals surface area contributed by atoms with Crippen LogP contribution in [0, 0.1) is 12.8 Å². The summed E-state index contributed by atoms with van der Waals surface area (Å²) >= 11 is 4.54. The Balaban J connectivity index is 1.54. The Morgan fingerprint density at radius 2 is 1.92 bits per heavy atom. The minimum atomic E-state index is -0.180. The van der Waals surface area contributed by atoms with Crippen molar-refractivity contribution < 1.29 is 9.59 Å². The average molecular weight is 409 g/mol. The maximum absolute atomic E-state index is 12.5. The number of amides is 2. The van der Waals surface area contributed by atoms with E-state index in [1.165, 1.54) is 11.5 Å². The topological polar surface area (TPSA) is 75.2 Å². The van der Waals surface area contributed by atoms with Gasteiger partial charge in [-0.25, -0.2) is 9.78 Å². The highest BCUT2D eigenvalue weighted by atomic mass is 79.9. The lowest BCUT2D eigenvalue weighted by Crippen LogP contribution is -2.42. The number of anilines is 1. The molecule has 3 rings (SSSR count). The molecule has 126 valence electrons. The quantitative estimate of drug-likeness (QED) is 0.784. The number of hydrogen-bond acceptors (Lipinski definition) is 5. The first kappa shape index (κ1) is 17.0. The Morgan fingerprint density at radius 3 is 2.50 bits per heavy atom. The summed E-state index contributed by atoms with van der Waals surface area (Å²) in [7, 11) is 0. The number of carbonyl (C=O) groups excluding carboxylic acids is 2. The second kappa shape index (κ2) is 7.40. The Morgan fingerprint density at radius 1 is 1.25 bits per heavy atom. The van der Waals surface area contributed by atoms with Gasteiger partial charge >= 0.3 is 6.03 Å². The van der Waals surface area contributed by atoms with Crippen molar-refractivity contribution in [2.45, 2.75) is 19.8 Å². The number of carbonyl (C=O) groups is 2. The summed E-state index contributed by atoms with van der Waals surface area (Å²) in [4.78, 5) is 30.6. The molecular formula is C16H17BrN4O2S. The van der Waals surface area contributed by atoms with Crippen LogP contribution < -0.4 is 5.32 Å². The van der Waals surface area contributed by atoms with Crippen molar-refractivity contribution in [2.75, 3.05) is 18.4 Å². The monoisotopic (exact) mass is 408 g/mol. The van der Waals surface area contributed by atoms with Gasteiger partial charge in [0.2, 0.25) is 5.13 Å². The van der Waals surface area contributed by atoms with E-state index in [0.29, 0.717) is 36.9 Å². The zero-order valence-electron chi connectivity index (χ0n) is 13.2. The standard InChI is InChI=1S/C16H17BrN4O2S/c1-10-18-15(24-20-10)19-16(23)21-8-6-12(7-9-21)14(22)11-2-4-13(17)5-3-11/h2-5,12H,6-9H2,1H3,(H,18,19,20,23). The number of aryl methyl sites for hydroxylation is 1. The van der Waals surface area contributed by atoms with Crippen molar-refractivity contribution in [1.29, 1.82) is 0 Å². The van der Waals surface area contributed by atoms with E-state index in [-0.39, 0.29) is 17.7 Å². The molecule has 1 aromatic carbocycles. The fourth-order valence-electron chi connectivity index (χ4n) is 2.71. The van der Waals surface area contributed by atoms with Crippen LogP contribution in [0.1, 0.15) is 29.0 Å². The third kappa shape index (κ3) is 3.99. The lowest BCUT2D eigenvalue weighted by Gasteiger charge is -2.31. The Bertz CT molecular complexity index is 739. The fraction of sp³-hybridized carbons (Fsp3) is 0.375. The van der Waals surface area contributed by atoms with E-state index in [0.717, 1.165) is 10.0 Å². The van der Waals surface area contributed by atoms with Gasteiger partial charge in [-0.3, -0.25) is 10.1 Å². The molecule has 0 radical (unpaired) electrons. The number of rotatable bonds is 3. The number of likely N-dealkylation sites (tertiary alicyclic amines) is 1. The molecule has 2 aromatic rings. The van der Waals surface area contributed by atoms with Crippen LogP contribution in [0.5, 0.6) is 0 Å². The molecule has 0 saturated carbocycles. The Hall–Kier alpha value is -1.80. The van der Waals surface area contributed by atoms with Crippen molar-refractivity contribution in [3.8, 4) is 0 Å². The summed E-state index contributed by atoms with van der Waals surface area (Å²) in [6, 6.07) is 7.24. The largest absolute Gasteiger partial charge is 0.324 e. The summed E-state index contributed by atoms with van der Waals surface area (Å²) in [5.74, 6) is 0.774. The number of urea groups is 1. The maximum atomic E-state index is 12.5. The molecule has 1 fully saturated rings. The molecule has 0 bridgehead atoms. The summed E-state index contributed by atoms with van der Waals surface area (Å²) in [5.41, 5.74) is 0.727. The molecule has 0 aliphatic carbocycles. The van der Waals surface area contributed by atoms with Crippen LogP contribution in [0.4, 0.5) is 9.93 Å². The zero-order chi connectivity index (χ0) is 17.1. The van der Waals surface area contributed by atoms with Crippen molar-refractivity contribution in [2.24, 2.45) is 5.92 Å². The second-order valence-corrected chi connectivity index (χ2v) is 7.38. The predicted octanol–water partition coefficient (Wildman–Crippen LogP) is 3.74. The molecule has 0 spiro atoms. The number of nitrogens with zero attached hydrogens (tertiary/aromatic N) is 3. The number of ketones is 1.